The third-order valence-electron chi connectivity index (χ3n) is 5.04. The lowest BCUT2D eigenvalue weighted by Crippen LogP contribution is -2.10. The van der Waals surface area contributed by atoms with Gasteiger partial charge in [-0.1, -0.05) is 0 Å². The quantitative estimate of drug-likeness (QED) is 0.376. The number of aromatic nitrogens is 2. The lowest BCUT2D eigenvalue weighted by molar-refractivity contribution is -0.140. The fraction of sp³-hybridized carbons (Fsp3) is 0.250. The molecule has 172 valence electrons. The first-order valence-electron chi connectivity index (χ1n) is 10.2. The summed E-state index contributed by atoms with van der Waals surface area (Å²) < 4.78 is 11.1. The van der Waals surface area contributed by atoms with Crippen LogP contribution in [0.1, 0.15) is 23.1 Å². The summed E-state index contributed by atoms with van der Waals surface area (Å²) in [7, 11) is 2.65. The van der Waals surface area contributed by atoms with E-state index < -0.39 is 11.9 Å². The molecule has 9 heteroatoms. The van der Waals surface area contributed by atoms with E-state index in [9.17, 15) is 19.5 Å². The van der Waals surface area contributed by atoms with Gasteiger partial charge in [0.2, 0.25) is 0 Å². The molecule has 2 heterocycles. The number of ether oxygens (including phenoxy) is 2. The Labute approximate surface area is 190 Å². The second-order valence-corrected chi connectivity index (χ2v) is 7.35. The largest absolute Gasteiger partial charge is 0.481 e. The minimum Gasteiger partial charge on any atom is -0.481 e. The zero-order chi connectivity index (χ0) is 24.0. The van der Waals surface area contributed by atoms with Crippen molar-refractivity contribution in [2.24, 2.45) is 0 Å². The number of anilines is 1. The molecule has 0 spiro atoms. The van der Waals surface area contributed by atoms with Crippen molar-refractivity contribution in [3.63, 3.8) is 0 Å². The maximum Gasteiger partial charge on any atom is 0.330 e. The summed E-state index contributed by atoms with van der Waals surface area (Å²) in [5, 5.41) is 13.2. The van der Waals surface area contributed by atoms with Crippen LogP contribution < -0.4 is 5.32 Å². The van der Waals surface area contributed by atoms with Crippen LogP contribution in [0, 0.1) is 6.92 Å². The number of hydrogen-bond donors (Lipinski definition) is 2. The number of carboxylic acids is 1. The fourth-order valence-corrected chi connectivity index (χ4v) is 3.45. The first-order valence-corrected chi connectivity index (χ1v) is 10.2. The number of fused-ring (bicyclic) bond motifs is 1. The Morgan fingerprint density at radius 3 is 2.64 bits per heavy atom. The second-order valence-electron chi connectivity index (χ2n) is 7.35. The van der Waals surface area contributed by atoms with Crippen molar-refractivity contribution in [2.75, 3.05) is 26.1 Å². The zero-order valence-corrected chi connectivity index (χ0v) is 18.6. The van der Waals surface area contributed by atoms with E-state index in [0.717, 1.165) is 16.9 Å². The summed E-state index contributed by atoms with van der Waals surface area (Å²) in [4.78, 5) is 38.6. The van der Waals surface area contributed by atoms with Gasteiger partial charge in [0, 0.05) is 36.1 Å². The number of carboxylic acid groups (broad SMARTS) is 1. The van der Waals surface area contributed by atoms with Crippen LogP contribution in [0.25, 0.3) is 22.8 Å². The molecule has 3 rings (SSSR count). The molecule has 0 aliphatic rings. The first-order chi connectivity index (χ1) is 15.8. The molecule has 0 saturated heterocycles. The van der Waals surface area contributed by atoms with Gasteiger partial charge in [-0.2, -0.15) is 0 Å². The molecular weight excluding hydrogens is 426 g/mol. The van der Waals surface area contributed by atoms with Crippen LogP contribution >= 0.6 is 0 Å². The number of esters is 2. The Kier molecular flexibility index (Phi) is 7.45. The normalized spacial score (nSPS) is 11.0. The monoisotopic (exact) mass is 451 g/mol. The van der Waals surface area contributed by atoms with Crippen molar-refractivity contribution in [3.05, 3.63) is 59.4 Å². The number of nitrogens with zero attached hydrogens (tertiary/aromatic N) is 2. The molecule has 0 amide bonds. The number of methoxy groups -OCH3 is 2. The smallest absolute Gasteiger partial charge is 0.330 e. The Hall–Kier alpha value is -4.14. The van der Waals surface area contributed by atoms with Gasteiger partial charge in [0.15, 0.2) is 0 Å². The van der Waals surface area contributed by atoms with Gasteiger partial charge in [0.1, 0.15) is 5.65 Å². The molecule has 1 aromatic carbocycles. The van der Waals surface area contributed by atoms with Crippen LogP contribution in [-0.4, -0.2) is 53.3 Å². The van der Waals surface area contributed by atoms with E-state index in [-0.39, 0.29) is 18.8 Å². The molecule has 3 aromatic rings. The minimum atomic E-state index is -0.952. The number of carbonyl (C=O) groups excluding carboxylic acids is 2. The Bertz CT molecular complexity index is 1230. The number of hydrogen-bond acceptors (Lipinski definition) is 7. The topological polar surface area (TPSA) is 120 Å². The SMILES string of the molecule is COC(=O)C=Cc1cnc2c(c1)c(CC(=O)O)cn2-c1ccc(NCCC(=O)OC)cc1C. The van der Waals surface area contributed by atoms with Crippen LogP contribution in [0.2, 0.25) is 0 Å². The van der Waals surface area contributed by atoms with E-state index in [4.69, 9.17) is 0 Å². The van der Waals surface area contributed by atoms with Crippen LogP contribution in [0.4, 0.5) is 5.69 Å². The van der Waals surface area contributed by atoms with Crippen molar-refractivity contribution in [3.8, 4) is 5.69 Å². The zero-order valence-electron chi connectivity index (χ0n) is 18.6. The van der Waals surface area contributed by atoms with E-state index >= 15 is 0 Å². The second kappa shape index (κ2) is 10.4. The molecule has 0 bridgehead atoms. The van der Waals surface area contributed by atoms with E-state index in [1.165, 1.54) is 20.3 Å². The Morgan fingerprint density at radius 1 is 1.18 bits per heavy atom. The summed E-state index contributed by atoms with van der Waals surface area (Å²) in [6, 6.07) is 7.54. The van der Waals surface area contributed by atoms with Crippen molar-refractivity contribution in [1.82, 2.24) is 9.55 Å². The van der Waals surface area contributed by atoms with Gasteiger partial charge in [-0.3, -0.25) is 9.59 Å². The summed E-state index contributed by atoms with van der Waals surface area (Å²) in [6.45, 7) is 2.39. The van der Waals surface area contributed by atoms with Gasteiger partial charge in [-0.15, -0.1) is 0 Å². The van der Waals surface area contributed by atoms with Crippen molar-refractivity contribution in [1.29, 1.82) is 0 Å². The third-order valence-corrected chi connectivity index (χ3v) is 5.04. The molecule has 0 radical (unpaired) electrons. The number of aryl methyl sites for hydroxylation is 1. The van der Waals surface area contributed by atoms with E-state index in [0.29, 0.717) is 28.7 Å². The van der Waals surface area contributed by atoms with Gasteiger partial charge in [-0.25, -0.2) is 9.78 Å². The van der Waals surface area contributed by atoms with Gasteiger partial charge < -0.3 is 24.5 Å². The highest BCUT2D eigenvalue weighted by atomic mass is 16.5. The predicted molar refractivity (Wildman–Crippen MR) is 123 cm³/mol. The maximum absolute atomic E-state index is 11.4. The van der Waals surface area contributed by atoms with Gasteiger partial charge in [0.05, 0.1) is 32.7 Å². The minimum absolute atomic E-state index is 0.165. The molecule has 0 fully saturated rings. The van der Waals surface area contributed by atoms with E-state index in [1.807, 2.05) is 29.7 Å². The van der Waals surface area contributed by atoms with E-state index in [1.54, 1.807) is 24.5 Å². The average Bonchev–Trinajstić information content (AvgIpc) is 3.14. The fourth-order valence-electron chi connectivity index (χ4n) is 3.45. The van der Waals surface area contributed by atoms with Crippen LogP contribution in [-0.2, 0) is 30.3 Å². The predicted octanol–water partition coefficient (Wildman–Crippen LogP) is 3.12. The highest BCUT2D eigenvalue weighted by molar-refractivity contribution is 5.90. The van der Waals surface area contributed by atoms with Crippen LogP contribution in [0.15, 0.2) is 42.7 Å². The number of pyridine rings is 1. The Morgan fingerprint density at radius 2 is 1.97 bits per heavy atom. The molecule has 2 N–H and O–H groups in total. The molecule has 9 nitrogen and oxygen atoms in total. The van der Waals surface area contributed by atoms with Gasteiger partial charge >= 0.3 is 17.9 Å². The van der Waals surface area contributed by atoms with Crippen molar-refractivity contribution in [2.45, 2.75) is 19.8 Å². The lowest BCUT2D eigenvalue weighted by Gasteiger charge is -2.12. The molecule has 0 atom stereocenters. The third kappa shape index (κ3) is 5.76. The summed E-state index contributed by atoms with van der Waals surface area (Å²) in [5.41, 5.74) is 4.51. The highest BCUT2D eigenvalue weighted by Crippen LogP contribution is 2.28. The molecular formula is C24H25N3O6. The number of benzene rings is 1. The molecule has 0 aliphatic heterocycles. The van der Waals surface area contributed by atoms with Gasteiger partial charge in [0.25, 0.3) is 0 Å². The molecule has 0 aliphatic carbocycles. The molecule has 2 aromatic heterocycles. The van der Waals surface area contributed by atoms with Crippen molar-refractivity contribution >= 4 is 40.7 Å². The average molecular weight is 451 g/mol. The number of rotatable bonds is 9. The highest BCUT2D eigenvalue weighted by Gasteiger charge is 2.15. The van der Waals surface area contributed by atoms with Gasteiger partial charge in [-0.05, 0) is 54.0 Å². The summed E-state index contributed by atoms with van der Waals surface area (Å²) in [5.74, 6) is -1.73. The standard InChI is InChI=1S/C24H25N3O6/c1-15-10-18(25-9-8-23(31)33-3)5-6-20(15)27-14-17(12-21(28)29)19-11-16(13-26-24(19)27)4-7-22(30)32-2/h4-7,10-11,13-14,25H,8-9,12H2,1-3H3,(H,28,29). The van der Waals surface area contributed by atoms with Crippen LogP contribution in [0.3, 0.4) is 0 Å². The first kappa shape index (κ1) is 23.5. The van der Waals surface area contributed by atoms with Crippen molar-refractivity contribution < 1.29 is 29.0 Å². The van der Waals surface area contributed by atoms with E-state index in [2.05, 4.69) is 19.8 Å². The maximum atomic E-state index is 11.4. The molecule has 0 saturated carbocycles. The number of aliphatic carboxylic acids is 1. The molecule has 33 heavy (non-hydrogen) atoms. The lowest BCUT2D eigenvalue weighted by atomic mass is 10.1. The summed E-state index contributed by atoms with van der Waals surface area (Å²) in [6.07, 6.45) is 6.33. The molecule has 0 unspecified atom stereocenters. The summed E-state index contributed by atoms with van der Waals surface area (Å²) >= 11 is 0. The number of nitrogens with one attached hydrogen (secondary N) is 1. The van der Waals surface area contributed by atoms with Crippen LogP contribution in [0.5, 0.6) is 0 Å². The Balaban J connectivity index is 1.96. The number of carbonyl (C=O) groups is 3.